The van der Waals surface area contributed by atoms with Crippen LogP contribution in [-0.2, 0) is 15.7 Å². The number of amides is 2. The molecule has 0 aliphatic carbocycles. The predicted molar refractivity (Wildman–Crippen MR) is 171 cm³/mol. The number of carbonyl (C=O) groups excluding carboxylic acids is 2. The molecule has 2 heterocycles. The predicted octanol–water partition coefficient (Wildman–Crippen LogP) is 7.47. The van der Waals surface area contributed by atoms with E-state index in [4.69, 9.17) is 23.2 Å². The Morgan fingerprint density at radius 3 is 2.19 bits per heavy atom. The van der Waals surface area contributed by atoms with Crippen LogP contribution in [0.3, 0.4) is 0 Å². The molecule has 0 aromatic heterocycles. The quantitative estimate of drug-likeness (QED) is 0.275. The number of carbonyl (C=O) groups is 2. The summed E-state index contributed by atoms with van der Waals surface area (Å²) in [5.74, 6) is 0.185. The van der Waals surface area contributed by atoms with Crippen LogP contribution in [0.15, 0.2) is 78.9 Å². The first-order chi connectivity index (χ1) is 20.3. The molecule has 5 rings (SSSR count). The zero-order valence-corrected chi connectivity index (χ0v) is 26.0. The maximum Gasteiger partial charge on any atom is 0.253 e. The van der Waals surface area contributed by atoms with E-state index in [1.165, 1.54) is 5.56 Å². The fraction of sp³-hybridized carbons (Fsp3) is 0.429. The molecule has 0 bridgehead atoms. The average Bonchev–Trinajstić information content (AvgIpc) is 3.03. The van der Waals surface area contributed by atoms with Crippen LogP contribution in [0.1, 0.15) is 73.4 Å². The minimum atomic E-state index is -0.312. The van der Waals surface area contributed by atoms with Crippen molar-refractivity contribution in [3.05, 3.63) is 106 Å². The average molecular weight is 607 g/mol. The number of likely N-dealkylation sites (tertiary alicyclic amines) is 2. The van der Waals surface area contributed by atoms with Crippen LogP contribution in [-0.4, -0.2) is 54.3 Å². The van der Waals surface area contributed by atoms with E-state index in [1.807, 2.05) is 60.4 Å². The number of hydrogen-bond acceptors (Lipinski definition) is 3. The first-order valence-electron chi connectivity index (χ1n) is 15.2. The highest BCUT2D eigenvalue weighted by atomic mass is 35.5. The van der Waals surface area contributed by atoms with Crippen LogP contribution in [0, 0.1) is 0 Å². The van der Waals surface area contributed by atoms with E-state index in [-0.39, 0.29) is 22.8 Å². The summed E-state index contributed by atoms with van der Waals surface area (Å²) in [4.78, 5) is 30.5. The van der Waals surface area contributed by atoms with Gasteiger partial charge in [0.15, 0.2) is 0 Å². The Morgan fingerprint density at radius 1 is 0.833 bits per heavy atom. The monoisotopic (exact) mass is 605 g/mol. The van der Waals surface area contributed by atoms with Gasteiger partial charge in [0.1, 0.15) is 0 Å². The molecule has 1 N–H and O–H groups in total. The number of hydrogen-bond donors (Lipinski definition) is 1. The lowest BCUT2D eigenvalue weighted by molar-refractivity contribution is -0.123. The van der Waals surface area contributed by atoms with Crippen molar-refractivity contribution in [3.8, 4) is 0 Å². The molecule has 0 radical (unpaired) electrons. The zero-order valence-electron chi connectivity index (χ0n) is 24.5. The molecule has 2 fully saturated rings. The van der Waals surface area contributed by atoms with E-state index in [2.05, 4.69) is 40.5 Å². The van der Waals surface area contributed by atoms with Gasteiger partial charge in [0.05, 0.1) is 15.6 Å². The molecule has 42 heavy (non-hydrogen) atoms. The third-order valence-electron chi connectivity index (χ3n) is 9.28. The third kappa shape index (κ3) is 6.85. The van der Waals surface area contributed by atoms with Crippen molar-refractivity contribution in [1.29, 1.82) is 0 Å². The largest absolute Gasteiger partial charge is 0.346 e. The Labute approximate surface area is 260 Å². The van der Waals surface area contributed by atoms with E-state index < -0.39 is 0 Å². The van der Waals surface area contributed by atoms with Gasteiger partial charge in [0.2, 0.25) is 5.91 Å². The van der Waals surface area contributed by atoms with Gasteiger partial charge in [0.25, 0.3) is 5.91 Å². The Balaban J connectivity index is 1.28. The second-order valence-electron chi connectivity index (χ2n) is 11.9. The van der Waals surface area contributed by atoms with Crippen LogP contribution in [0.2, 0.25) is 10.0 Å². The maximum atomic E-state index is 13.5. The molecular weight excluding hydrogens is 565 g/mol. The standard InChI is InChI=1S/C35H41Cl2N3O2/c1-2-32(41)38-35(28-13-7-4-8-14-28)19-23-39(24-20-35)21-9-17-34(29-15-16-30(36)31(37)25-29)18-10-22-40(26-34)33(42)27-11-5-3-6-12-27/h3-8,11-16,25H,2,9-10,17-24,26H2,1H3,(H,38,41). The van der Waals surface area contributed by atoms with E-state index in [0.717, 1.165) is 75.8 Å². The molecule has 1 atom stereocenters. The highest BCUT2D eigenvalue weighted by Crippen LogP contribution is 2.41. The van der Waals surface area contributed by atoms with E-state index >= 15 is 0 Å². The highest BCUT2D eigenvalue weighted by Gasteiger charge is 2.40. The lowest BCUT2D eigenvalue weighted by atomic mass is 9.70. The molecule has 1 unspecified atom stereocenters. The van der Waals surface area contributed by atoms with Crippen LogP contribution in [0.4, 0.5) is 0 Å². The van der Waals surface area contributed by atoms with Gasteiger partial charge >= 0.3 is 0 Å². The number of rotatable bonds is 9. The van der Waals surface area contributed by atoms with Gasteiger partial charge in [-0.15, -0.1) is 0 Å². The number of piperidine rings is 2. The first-order valence-corrected chi connectivity index (χ1v) is 16.0. The molecule has 5 nitrogen and oxygen atoms in total. The van der Waals surface area contributed by atoms with Gasteiger partial charge in [0, 0.05) is 43.6 Å². The Bertz CT molecular complexity index is 1360. The van der Waals surface area contributed by atoms with Gasteiger partial charge in [-0.3, -0.25) is 9.59 Å². The SMILES string of the molecule is CCC(=O)NC1(c2ccccc2)CCN(CCCC2(c3ccc(Cl)c(Cl)c3)CCCN(C(=O)c3ccccc3)C2)CC1. The van der Waals surface area contributed by atoms with Crippen molar-refractivity contribution in [2.24, 2.45) is 0 Å². The fourth-order valence-electron chi connectivity index (χ4n) is 6.88. The first kappa shape index (κ1) is 30.6. The van der Waals surface area contributed by atoms with Gasteiger partial charge in [-0.2, -0.15) is 0 Å². The van der Waals surface area contributed by atoms with Crippen molar-refractivity contribution >= 4 is 35.0 Å². The molecule has 0 saturated carbocycles. The minimum Gasteiger partial charge on any atom is -0.346 e. The number of halogens is 2. The van der Waals surface area contributed by atoms with Crippen molar-refractivity contribution in [2.45, 2.75) is 62.8 Å². The summed E-state index contributed by atoms with van der Waals surface area (Å²) in [6.45, 7) is 6.16. The fourth-order valence-corrected chi connectivity index (χ4v) is 7.17. The second-order valence-corrected chi connectivity index (χ2v) is 12.7. The molecule has 2 aliphatic heterocycles. The Kier molecular flexibility index (Phi) is 9.92. The normalized spacial score (nSPS) is 20.7. The van der Waals surface area contributed by atoms with Crippen molar-refractivity contribution in [1.82, 2.24) is 15.1 Å². The van der Waals surface area contributed by atoms with E-state index in [0.29, 0.717) is 23.0 Å². The molecule has 7 heteroatoms. The molecule has 222 valence electrons. The number of nitrogens with one attached hydrogen (secondary N) is 1. The van der Waals surface area contributed by atoms with Crippen LogP contribution in [0.25, 0.3) is 0 Å². The highest BCUT2D eigenvalue weighted by molar-refractivity contribution is 6.42. The van der Waals surface area contributed by atoms with Crippen LogP contribution < -0.4 is 5.32 Å². The van der Waals surface area contributed by atoms with E-state index in [1.54, 1.807) is 0 Å². The summed E-state index contributed by atoms with van der Waals surface area (Å²) in [6, 6.07) is 26.0. The Hall–Kier alpha value is -2.86. The summed E-state index contributed by atoms with van der Waals surface area (Å²) < 4.78 is 0. The molecule has 2 saturated heterocycles. The van der Waals surface area contributed by atoms with Crippen molar-refractivity contribution < 1.29 is 9.59 Å². The lowest BCUT2D eigenvalue weighted by Crippen LogP contribution is -2.53. The van der Waals surface area contributed by atoms with Gasteiger partial charge in [-0.05, 0) is 80.5 Å². The zero-order chi connectivity index (χ0) is 29.6. The van der Waals surface area contributed by atoms with Crippen molar-refractivity contribution in [2.75, 3.05) is 32.7 Å². The minimum absolute atomic E-state index is 0.0853. The molecular formula is C35H41Cl2N3O2. The lowest BCUT2D eigenvalue weighted by Gasteiger charge is -2.45. The number of benzene rings is 3. The number of nitrogens with zero attached hydrogens (tertiary/aromatic N) is 2. The molecule has 0 spiro atoms. The van der Waals surface area contributed by atoms with Gasteiger partial charge in [-0.25, -0.2) is 0 Å². The topological polar surface area (TPSA) is 52.7 Å². The third-order valence-corrected chi connectivity index (χ3v) is 10.0. The summed E-state index contributed by atoms with van der Waals surface area (Å²) in [5.41, 5.74) is 2.58. The molecule has 3 aromatic rings. The Morgan fingerprint density at radius 2 is 1.52 bits per heavy atom. The molecule has 3 aromatic carbocycles. The summed E-state index contributed by atoms with van der Waals surface area (Å²) in [5, 5.41) is 4.47. The summed E-state index contributed by atoms with van der Waals surface area (Å²) >= 11 is 12.8. The van der Waals surface area contributed by atoms with Gasteiger partial charge < -0.3 is 15.1 Å². The smallest absolute Gasteiger partial charge is 0.253 e. The van der Waals surface area contributed by atoms with E-state index in [9.17, 15) is 9.59 Å². The van der Waals surface area contributed by atoms with Crippen molar-refractivity contribution in [3.63, 3.8) is 0 Å². The summed E-state index contributed by atoms with van der Waals surface area (Å²) in [6.07, 6.45) is 6.17. The molecule has 2 aliphatic rings. The van der Waals surface area contributed by atoms with Crippen LogP contribution in [0.5, 0.6) is 0 Å². The van der Waals surface area contributed by atoms with Crippen LogP contribution >= 0.6 is 23.2 Å². The second kappa shape index (κ2) is 13.6. The molecule has 2 amide bonds. The van der Waals surface area contributed by atoms with Gasteiger partial charge in [-0.1, -0.05) is 84.7 Å². The summed E-state index contributed by atoms with van der Waals surface area (Å²) in [7, 11) is 0. The maximum absolute atomic E-state index is 13.5.